The van der Waals surface area contributed by atoms with Gasteiger partial charge in [0.2, 0.25) is 0 Å². The van der Waals surface area contributed by atoms with Crippen molar-refractivity contribution in [3.63, 3.8) is 0 Å². The summed E-state index contributed by atoms with van der Waals surface area (Å²) in [6.45, 7) is 5.82. The smallest absolute Gasteiger partial charge is 0.130 e. The zero-order valence-electron chi connectivity index (χ0n) is 12.8. The van der Waals surface area contributed by atoms with Gasteiger partial charge in [0, 0.05) is 35.7 Å². The van der Waals surface area contributed by atoms with E-state index in [1.54, 1.807) is 0 Å². The van der Waals surface area contributed by atoms with Crippen LogP contribution in [0.2, 0.25) is 0 Å². The number of aryl methyl sites for hydroxylation is 1. The van der Waals surface area contributed by atoms with E-state index in [1.165, 1.54) is 9.13 Å². The Morgan fingerprint density at radius 2 is 2.23 bits per heavy atom. The van der Waals surface area contributed by atoms with Gasteiger partial charge in [0.25, 0.3) is 0 Å². The van der Waals surface area contributed by atoms with Crippen LogP contribution in [0.5, 0.6) is 0 Å². The molecule has 1 saturated heterocycles. The maximum absolute atomic E-state index is 5.48. The topological polar surface area (TPSA) is 39.1 Å². The first-order valence-corrected chi connectivity index (χ1v) is 8.93. The number of hydrogen-bond acceptors (Lipinski definition) is 3. The fourth-order valence-electron chi connectivity index (χ4n) is 2.89. The van der Waals surface area contributed by atoms with Crippen molar-refractivity contribution in [3.8, 4) is 0 Å². The molecule has 3 rings (SSSR count). The number of aromatic nitrogens is 2. The highest BCUT2D eigenvalue weighted by Crippen LogP contribution is 2.23. The molecule has 4 nitrogen and oxygen atoms in total. The first-order valence-electron chi connectivity index (χ1n) is 7.85. The van der Waals surface area contributed by atoms with Gasteiger partial charge in [-0.3, -0.25) is 0 Å². The molecule has 1 aromatic carbocycles. The van der Waals surface area contributed by atoms with E-state index in [0.717, 1.165) is 38.5 Å². The Hall–Kier alpha value is -0.920. The Labute approximate surface area is 145 Å². The van der Waals surface area contributed by atoms with Gasteiger partial charge >= 0.3 is 0 Å². The average molecular weight is 411 g/mol. The zero-order chi connectivity index (χ0) is 15.4. The predicted molar refractivity (Wildman–Crippen MR) is 95.8 cm³/mol. The average Bonchev–Trinajstić information content (AvgIpc) is 3.20. The van der Waals surface area contributed by atoms with E-state index in [2.05, 4.69) is 74.8 Å². The molecule has 2 aromatic rings. The van der Waals surface area contributed by atoms with Crippen LogP contribution in [-0.4, -0.2) is 29.3 Å². The van der Waals surface area contributed by atoms with E-state index in [0.29, 0.717) is 5.92 Å². The lowest BCUT2D eigenvalue weighted by Crippen LogP contribution is -2.30. The predicted octanol–water partition coefficient (Wildman–Crippen LogP) is 3.22. The summed E-state index contributed by atoms with van der Waals surface area (Å²) in [4.78, 5) is 4.60. The first-order chi connectivity index (χ1) is 10.8. The second-order valence-corrected chi connectivity index (χ2v) is 6.94. The summed E-state index contributed by atoms with van der Waals surface area (Å²) >= 11 is 2.34. The van der Waals surface area contributed by atoms with Crippen LogP contribution in [0.1, 0.15) is 30.8 Å². The quantitative estimate of drug-likeness (QED) is 0.743. The molecule has 118 valence electrons. The zero-order valence-corrected chi connectivity index (χ0v) is 15.0. The van der Waals surface area contributed by atoms with E-state index in [-0.39, 0.29) is 6.04 Å². The number of nitrogens with zero attached hydrogens (tertiary/aromatic N) is 2. The van der Waals surface area contributed by atoms with Gasteiger partial charge in [-0.2, -0.15) is 0 Å². The van der Waals surface area contributed by atoms with Crippen molar-refractivity contribution >= 4 is 22.6 Å². The van der Waals surface area contributed by atoms with Crippen molar-refractivity contribution in [2.45, 2.75) is 25.9 Å². The minimum absolute atomic E-state index is 0.132. The van der Waals surface area contributed by atoms with Crippen LogP contribution in [0.4, 0.5) is 0 Å². The molecule has 0 radical (unpaired) electrons. The SMILES string of the molecule is CCn1ccnc1[C@H](NC[C@@H]1CCOC1)c1ccc(I)cc1. The number of halogens is 1. The van der Waals surface area contributed by atoms with Crippen LogP contribution in [-0.2, 0) is 11.3 Å². The van der Waals surface area contributed by atoms with Crippen LogP contribution in [0, 0.1) is 9.49 Å². The van der Waals surface area contributed by atoms with Crippen molar-refractivity contribution in [3.05, 3.63) is 51.6 Å². The van der Waals surface area contributed by atoms with Gasteiger partial charge in [0.05, 0.1) is 12.6 Å². The Morgan fingerprint density at radius 1 is 1.41 bits per heavy atom. The molecule has 0 amide bonds. The highest BCUT2D eigenvalue weighted by atomic mass is 127. The van der Waals surface area contributed by atoms with Crippen molar-refractivity contribution in [2.24, 2.45) is 5.92 Å². The molecule has 1 N–H and O–H groups in total. The number of benzene rings is 1. The fraction of sp³-hybridized carbons (Fsp3) is 0.471. The number of ether oxygens (including phenoxy) is 1. The normalized spacial score (nSPS) is 19.5. The molecule has 0 unspecified atom stereocenters. The molecule has 5 heteroatoms. The van der Waals surface area contributed by atoms with Gasteiger partial charge in [-0.25, -0.2) is 4.98 Å². The van der Waals surface area contributed by atoms with Gasteiger partial charge in [-0.15, -0.1) is 0 Å². The van der Waals surface area contributed by atoms with E-state index in [4.69, 9.17) is 4.74 Å². The monoisotopic (exact) mass is 411 g/mol. The summed E-state index contributed by atoms with van der Waals surface area (Å²) in [6, 6.07) is 8.83. The Balaban J connectivity index is 1.82. The third-order valence-electron chi connectivity index (χ3n) is 4.18. The molecule has 1 aliphatic rings. The highest BCUT2D eigenvalue weighted by Gasteiger charge is 2.22. The van der Waals surface area contributed by atoms with E-state index in [1.807, 2.05) is 6.20 Å². The van der Waals surface area contributed by atoms with Gasteiger partial charge in [-0.05, 0) is 59.5 Å². The molecule has 1 aromatic heterocycles. The van der Waals surface area contributed by atoms with Crippen LogP contribution >= 0.6 is 22.6 Å². The maximum atomic E-state index is 5.48. The van der Waals surface area contributed by atoms with Crippen molar-refractivity contribution in [1.82, 2.24) is 14.9 Å². The van der Waals surface area contributed by atoms with Crippen molar-refractivity contribution in [1.29, 1.82) is 0 Å². The highest BCUT2D eigenvalue weighted by molar-refractivity contribution is 14.1. The summed E-state index contributed by atoms with van der Waals surface area (Å²) in [5.41, 5.74) is 1.26. The summed E-state index contributed by atoms with van der Waals surface area (Å²) in [5.74, 6) is 1.69. The largest absolute Gasteiger partial charge is 0.381 e. The van der Waals surface area contributed by atoms with Crippen LogP contribution < -0.4 is 5.32 Å². The number of imidazole rings is 1. The second kappa shape index (κ2) is 7.57. The van der Waals surface area contributed by atoms with Crippen molar-refractivity contribution < 1.29 is 4.74 Å². The minimum Gasteiger partial charge on any atom is -0.381 e. The Morgan fingerprint density at radius 3 is 2.91 bits per heavy atom. The maximum Gasteiger partial charge on any atom is 0.130 e. The van der Waals surface area contributed by atoms with Gasteiger partial charge in [0.15, 0.2) is 0 Å². The van der Waals surface area contributed by atoms with Crippen LogP contribution in [0.15, 0.2) is 36.7 Å². The molecular formula is C17H22IN3O. The Bertz CT molecular complexity index is 590. The van der Waals surface area contributed by atoms with Crippen LogP contribution in [0.25, 0.3) is 0 Å². The van der Waals surface area contributed by atoms with Gasteiger partial charge < -0.3 is 14.6 Å². The lowest BCUT2D eigenvalue weighted by Gasteiger charge is -2.21. The molecule has 2 heterocycles. The standard InChI is InChI=1S/C17H22IN3O/c1-2-21-9-8-19-17(21)16(14-3-5-15(18)6-4-14)20-11-13-7-10-22-12-13/h3-6,8-9,13,16,20H,2,7,10-12H2,1H3/t13-,16+/m0/s1. The lowest BCUT2D eigenvalue weighted by molar-refractivity contribution is 0.184. The molecule has 1 fully saturated rings. The molecule has 0 spiro atoms. The molecule has 0 saturated carbocycles. The number of nitrogens with one attached hydrogen (secondary N) is 1. The molecule has 22 heavy (non-hydrogen) atoms. The number of hydrogen-bond donors (Lipinski definition) is 1. The number of rotatable bonds is 6. The van der Waals surface area contributed by atoms with E-state index < -0.39 is 0 Å². The van der Waals surface area contributed by atoms with Crippen LogP contribution in [0.3, 0.4) is 0 Å². The Kier molecular flexibility index (Phi) is 5.49. The summed E-state index contributed by atoms with van der Waals surface area (Å²) < 4.78 is 8.95. The molecule has 0 bridgehead atoms. The second-order valence-electron chi connectivity index (χ2n) is 5.69. The molecule has 0 aliphatic carbocycles. The van der Waals surface area contributed by atoms with E-state index >= 15 is 0 Å². The molecular weight excluding hydrogens is 389 g/mol. The summed E-state index contributed by atoms with van der Waals surface area (Å²) in [7, 11) is 0. The first kappa shape index (κ1) is 16.0. The third kappa shape index (κ3) is 3.70. The minimum atomic E-state index is 0.132. The van der Waals surface area contributed by atoms with Gasteiger partial charge in [-0.1, -0.05) is 12.1 Å². The van der Waals surface area contributed by atoms with Gasteiger partial charge in [0.1, 0.15) is 5.82 Å². The van der Waals surface area contributed by atoms with Crippen molar-refractivity contribution in [2.75, 3.05) is 19.8 Å². The summed E-state index contributed by atoms with van der Waals surface area (Å²) in [5, 5.41) is 3.71. The van der Waals surface area contributed by atoms with E-state index in [9.17, 15) is 0 Å². The molecule has 1 aliphatic heterocycles. The fourth-order valence-corrected chi connectivity index (χ4v) is 3.25. The molecule has 2 atom stereocenters. The third-order valence-corrected chi connectivity index (χ3v) is 4.90. The summed E-state index contributed by atoms with van der Waals surface area (Å²) in [6.07, 6.45) is 5.09. The lowest BCUT2D eigenvalue weighted by atomic mass is 10.0.